The molecule has 1 aromatic carbocycles. The molecule has 0 bridgehead atoms. The minimum atomic E-state index is -0.352. The molecule has 6 heteroatoms. The third kappa shape index (κ3) is 3.42. The molecule has 2 heterocycles. The molecule has 23 heavy (non-hydrogen) atoms. The summed E-state index contributed by atoms with van der Waals surface area (Å²) in [5.41, 5.74) is 0.976. The van der Waals surface area contributed by atoms with Crippen LogP contribution in [-0.4, -0.2) is 33.6 Å². The second-order valence-corrected chi connectivity index (χ2v) is 6.38. The quantitative estimate of drug-likeness (QED) is 0.910. The number of hydrogen-bond acceptors (Lipinski definition) is 3. The van der Waals surface area contributed by atoms with E-state index >= 15 is 0 Å². The molecule has 1 N–H and O–H groups in total. The maximum atomic E-state index is 13.9. The molecule has 4 nitrogen and oxygen atoms in total. The second kappa shape index (κ2) is 6.99. The number of likely N-dealkylation sites (N-methyl/N-ethyl adjacent to an activating group) is 1. The van der Waals surface area contributed by atoms with Crippen LogP contribution in [0.5, 0.6) is 0 Å². The van der Waals surface area contributed by atoms with E-state index < -0.39 is 0 Å². The number of aryl methyl sites for hydroxylation is 1. The van der Waals surface area contributed by atoms with Gasteiger partial charge in [0.05, 0.1) is 17.6 Å². The van der Waals surface area contributed by atoms with Crippen LogP contribution in [0.3, 0.4) is 0 Å². The van der Waals surface area contributed by atoms with Gasteiger partial charge in [-0.05, 0) is 30.7 Å². The average Bonchev–Trinajstić information content (AvgIpc) is 3.13. The third-order valence-corrected chi connectivity index (χ3v) is 4.94. The van der Waals surface area contributed by atoms with Crippen molar-refractivity contribution >= 4 is 11.6 Å². The van der Waals surface area contributed by atoms with Gasteiger partial charge in [-0.3, -0.25) is 4.90 Å². The van der Waals surface area contributed by atoms with E-state index in [9.17, 15) is 4.39 Å². The summed E-state index contributed by atoms with van der Waals surface area (Å²) < 4.78 is 15.9. The first-order chi connectivity index (χ1) is 11.1. The monoisotopic (exact) mass is 336 g/mol. The number of hydrogen-bond donors (Lipinski definition) is 1. The van der Waals surface area contributed by atoms with Crippen molar-refractivity contribution in [2.45, 2.75) is 32.0 Å². The number of aromatic nitrogens is 2. The van der Waals surface area contributed by atoms with E-state index in [1.807, 2.05) is 23.9 Å². The summed E-state index contributed by atoms with van der Waals surface area (Å²) >= 11 is 5.82. The highest BCUT2D eigenvalue weighted by Crippen LogP contribution is 2.33. The summed E-state index contributed by atoms with van der Waals surface area (Å²) in [6.07, 6.45) is 4.78. The Bertz CT molecular complexity index is 672. The van der Waals surface area contributed by atoms with Gasteiger partial charge in [-0.2, -0.15) is 0 Å². The first-order valence-electron chi connectivity index (χ1n) is 7.98. The molecule has 0 amide bonds. The molecule has 1 aliphatic rings. The van der Waals surface area contributed by atoms with Gasteiger partial charge in [-0.25, -0.2) is 9.37 Å². The molecule has 0 saturated carbocycles. The number of imidazole rings is 1. The Morgan fingerprint density at radius 3 is 2.91 bits per heavy atom. The van der Waals surface area contributed by atoms with Crippen molar-refractivity contribution in [2.75, 3.05) is 13.1 Å². The molecule has 1 aromatic heterocycles. The summed E-state index contributed by atoms with van der Waals surface area (Å²) in [6.45, 7) is 4.79. The van der Waals surface area contributed by atoms with Gasteiger partial charge in [0, 0.05) is 32.0 Å². The standard InChI is InChI=1S/C17H22ClFN4/c1-3-23-8-6-15(21-11-16-20-7-9-22(16)2)17(23)12-4-5-13(18)14(19)10-12/h4-5,7,9-10,15,17,21H,3,6,8,11H2,1-2H3/t15-,17+/m1/s1. The van der Waals surface area contributed by atoms with Crippen LogP contribution in [0.25, 0.3) is 0 Å². The normalized spacial score (nSPS) is 21.9. The van der Waals surface area contributed by atoms with Gasteiger partial charge in [0.15, 0.2) is 0 Å². The van der Waals surface area contributed by atoms with E-state index in [1.165, 1.54) is 0 Å². The third-order valence-electron chi connectivity index (χ3n) is 4.64. The van der Waals surface area contributed by atoms with Gasteiger partial charge in [-0.15, -0.1) is 0 Å². The molecule has 0 unspecified atom stereocenters. The smallest absolute Gasteiger partial charge is 0.142 e. The molecule has 0 spiro atoms. The van der Waals surface area contributed by atoms with Crippen LogP contribution in [0, 0.1) is 5.82 Å². The Balaban J connectivity index is 1.78. The van der Waals surface area contributed by atoms with E-state index in [0.717, 1.165) is 30.9 Å². The zero-order chi connectivity index (χ0) is 16.4. The van der Waals surface area contributed by atoms with Crippen LogP contribution in [-0.2, 0) is 13.6 Å². The topological polar surface area (TPSA) is 33.1 Å². The molecule has 1 fully saturated rings. The van der Waals surface area contributed by atoms with Gasteiger partial charge in [-0.1, -0.05) is 24.6 Å². The SMILES string of the molecule is CCN1CC[C@@H](NCc2nccn2C)[C@@H]1c1ccc(Cl)c(F)c1. The van der Waals surface area contributed by atoms with Crippen LogP contribution in [0.15, 0.2) is 30.6 Å². The highest BCUT2D eigenvalue weighted by molar-refractivity contribution is 6.30. The van der Waals surface area contributed by atoms with Gasteiger partial charge >= 0.3 is 0 Å². The van der Waals surface area contributed by atoms with E-state index in [2.05, 4.69) is 22.1 Å². The summed E-state index contributed by atoms with van der Waals surface area (Å²) in [7, 11) is 1.99. The highest BCUT2D eigenvalue weighted by atomic mass is 35.5. The van der Waals surface area contributed by atoms with E-state index in [0.29, 0.717) is 6.54 Å². The Kier molecular flexibility index (Phi) is 4.99. The van der Waals surface area contributed by atoms with Gasteiger partial charge in [0.2, 0.25) is 0 Å². The number of likely N-dealkylation sites (tertiary alicyclic amines) is 1. The summed E-state index contributed by atoms with van der Waals surface area (Å²) in [4.78, 5) is 6.72. The van der Waals surface area contributed by atoms with Crippen molar-refractivity contribution < 1.29 is 4.39 Å². The van der Waals surface area contributed by atoms with Crippen molar-refractivity contribution in [3.05, 3.63) is 52.8 Å². The van der Waals surface area contributed by atoms with Gasteiger partial charge < -0.3 is 9.88 Å². The Morgan fingerprint density at radius 1 is 1.43 bits per heavy atom. The maximum Gasteiger partial charge on any atom is 0.142 e. The lowest BCUT2D eigenvalue weighted by molar-refractivity contribution is 0.247. The zero-order valence-electron chi connectivity index (χ0n) is 13.5. The molecular weight excluding hydrogens is 315 g/mol. The van der Waals surface area contributed by atoms with Crippen molar-refractivity contribution in [2.24, 2.45) is 7.05 Å². The summed E-state index contributed by atoms with van der Waals surface area (Å²) in [6, 6.07) is 5.57. The maximum absolute atomic E-state index is 13.9. The lowest BCUT2D eigenvalue weighted by Gasteiger charge is -2.28. The fourth-order valence-electron chi connectivity index (χ4n) is 3.35. The average molecular weight is 337 g/mol. The second-order valence-electron chi connectivity index (χ2n) is 5.98. The van der Waals surface area contributed by atoms with Crippen molar-refractivity contribution in [1.82, 2.24) is 19.8 Å². The molecule has 1 aliphatic heterocycles. The van der Waals surface area contributed by atoms with Crippen molar-refractivity contribution in [3.8, 4) is 0 Å². The van der Waals surface area contributed by atoms with Crippen LogP contribution in [0.4, 0.5) is 4.39 Å². The molecule has 3 rings (SSSR count). The van der Waals surface area contributed by atoms with Gasteiger partial charge in [0.1, 0.15) is 11.6 Å². The Hall–Kier alpha value is -1.43. The summed E-state index contributed by atoms with van der Waals surface area (Å²) in [5, 5.41) is 3.76. The lowest BCUT2D eigenvalue weighted by Crippen LogP contribution is -2.36. The number of halogens is 2. The molecule has 0 radical (unpaired) electrons. The van der Waals surface area contributed by atoms with Crippen LogP contribution in [0.1, 0.15) is 30.8 Å². The molecule has 1 saturated heterocycles. The van der Waals surface area contributed by atoms with Crippen LogP contribution >= 0.6 is 11.6 Å². The van der Waals surface area contributed by atoms with E-state index in [-0.39, 0.29) is 22.9 Å². The molecular formula is C17H22ClFN4. The molecule has 2 atom stereocenters. The largest absolute Gasteiger partial charge is 0.337 e. The first-order valence-corrected chi connectivity index (χ1v) is 8.36. The lowest BCUT2D eigenvalue weighted by atomic mass is 10.00. The van der Waals surface area contributed by atoms with E-state index in [1.54, 1.807) is 18.3 Å². The van der Waals surface area contributed by atoms with Gasteiger partial charge in [0.25, 0.3) is 0 Å². The van der Waals surface area contributed by atoms with Crippen LogP contribution < -0.4 is 5.32 Å². The van der Waals surface area contributed by atoms with Crippen molar-refractivity contribution in [3.63, 3.8) is 0 Å². The molecule has 2 aromatic rings. The minimum Gasteiger partial charge on any atom is -0.337 e. The fourth-order valence-corrected chi connectivity index (χ4v) is 3.47. The highest BCUT2D eigenvalue weighted by Gasteiger charge is 2.34. The Morgan fingerprint density at radius 2 is 2.26 bits per heavy atom. The predicted molar refractivity (Wildman–Crippen MR) is 89.9 cm³/mol. The zero-order valence-corrected chi connectivity index (χ0v) is 14.2. The Labute approximate surface area is 141 Å². The molecule has 0 aliphatic carbocycles. The van der Waals surface area contributed by atoms with E-state index in [4.69, 9.17) is 11.6 Å². The number of nitrogens with zero attached hydrogens (tertiary/aromatic N) is 3. The number of benzene rings is 1. The number of rotatable bonds is 5. The minimum absolute atomic E-state index is 0.159. The summed E-state index contributed by atoms with van der Waals surface area (Å²) in [5.74, 6) is 0.649. The fraction of sp³-hybridized carbons (Fsp3) is 0.471. The predicted octanol–water partition coefficient (Wildman–Crippen LogP) is 3.14. The first kappa shape index (κ1) is 16.4. The molecule has 124 valence electrons. The number of nitrogens with one attached hydrogen (secondary N) is 1. The van der Waals surface area contributed by atoms with Crippen molar-refractivity contribution in [1.29, 1.82) is 0 Å². The van der Waals surface area contributed by atoms with Crippen LogP contribution in [0.2, 0.25) is 5.02 Å².